The summed E-state index contributed by atoms with van der Waals surface area (Å²) in [5, 5.41) is 17.9. The van der Waals surface area contributed by atoms with Gasteiger partial charge in [0.2, 0.25) is 0 Å². The van der Waals surface area contributed by atoms with Gasteiger partial charge in [0.1, 0.15) is 11.7 Å². The van der Waals surface area contributed by atoms with Gasteiger partial charge in [-0.05, 0) is 31.4 Å². The molecule has 1 unspecified atom stereocenters. The first-order chi connectivity index (χ1) is 7.15. The third-order valence-electron chi connectivity index (χ3n) is 2.67. The first kappa shape index (κ1) is 10.1. The Morgan fingerprint density at radius 3 is 2.67 bits per heavy atom. The zero-order valence-corrected chi connectivity index (χ0v) is 9.23. The van der Waals surface area contributed by atoms with Crippen molar-refractivity contribution in [1.82, 2.24) is 15.0 Å². The molecule has 80 valence electrons. The van der Waals surface area contributed by atoms with Crippen LogP contribution in [0.2, 0.25) is 0 Å². The maximum atomic E-state index is 9.79. The summed E-state index contributed by atoms with van der Waals surface area (Å²) in [6.07, 6.45) is 0.0433. The number of aromatic nitrogens is 3. The molecule has 0 amide bonds. The molecule has 0 radical (unpaired) electrons. The number of fused-ring (bicyclic) bond motifs is 1. The fourth-order valence-electron chi connectivity index (χ4n) is 1.72. The number of hydrogen-bond acceptors (Lipinski definition) is 3. The SMILES string of the molecule is CCC(O)n1nnc2c(C)ccc(C)c21. The van der Waals surface area contributed by atoms with Crippen molar-refractivity contribution in [3.63, 3.8) is 0 Å². The number of hydrogen-bond donors (Lipinski definition) is 1. The van der Waals surface area contributed by atoms with Crippen LogP contribution in [0.25, 0.3) is 11.0 Å². The summed E-state index contributed by atoms with van der Waals surface area (Å²) in [5.74, 6) is 0. The Labute approximate surface area is 88.5 Å². The van der Waals surface area contributed by atoms with Crippen LogP contribution in [0, 0.1) is 13.8 Å². The molecule has 4 nitrogen and oxygen atoms in total. The van der Waals surface area contributed by atoms with Crippen LogP contribution in [0.4, 0.5) is 0 Å². The van der Waals surface area contributed by atoms with Crippen molar-refractivity contribution in [2.45, 2.75) is 33.4 Å². The van der Waals surface area contributed by atoms with Crippen LogP contribution in [0.1, 0.15) is 30.7 Å². The lowest BCUT2D eigenvalue weighted by atomic mass is 10.1. The summed E-state index contributed by atoms with van der Waals surface area (Å²) in [7, 11) is 0. The third-order valence-corrected chi connectivity index (χ3v) is 2.67. The molecule has 0 aliphatic carbocycles. The average molecular weight is 205 g/mol. The van der Waals surface area contributed by atoms with Crippen molar-refractivity contribution < 1.29 is 5.11 Å². The predicted molar refractivity (Wildman–Crippen MR) is 58.5 cm³/mol. The molecule has 0 aliphatic rings. The normalized spacial score (nSPS) is 13.3. The van der Waals surface area contributed by atoms with Crippen molar-refractivity contribution in [3.05, 3.63) is 23.3 Å². The molecule has 4 heteroatoms. The summed E-state index contributed by atoms with van der Waals surface area (Å²) < 4.78 is 1.59. The lowest BCUT2D eigenvalue weighted by Gasteiger charge is -2.09. The third kappa shape index (κ3) is 1.51. The maximum absolute atomic E-state index is 9.79. The van der Waals surface area contributed by atoms with Gasteiger partial charge in [0.05, 0.1) is 5.52 Å². The monoisotopic (exact) mass is 205 g/mol. The Kier molecular flexibility index (Phi) is 2.44. The number of aliphatic hydroxyl groups excluding tert-OH is 1. The van der Waals surface area contributed by atoms with Crippen LogP contribution in [-0.4, -0.2) is 20.1 Å². The molecule has 1 aromatic carbocycles. The number of rotatable bonds is 2. The Hall–Kier alpha value is -1.42. The molecule has 2 aromatic rings. The van der Waals surface area contributed by atoms with Gasteiger partial charge in [-0.1, -0.05) is 24.3 Å². The number of aliphatic hydroxyl groups is 1. The van der Waals surface area contributed by atoms with Gasteiger partial charge < -0.3 is 5.11 Å². The fraction of sp³-hybridized carbons (Fsp3) is 0.455. The van der Waals surface area contributed by atoms with E-state index >= 15 is 0 Å². The van der Waals surface area contributed by atoms with Gasteiger partial charge in [0, 0.05) is 0 Å². The van der Waals surface area contributed by atoms with Crippen LogP contribution in [0.5, 0.6) is 0 Å². The van der Waals surface area contributed by atoms with E-state index in [1.54, 1.807) is 4.68 Å². The zero-order chi connectivity index (χ0) is 11.0. The number of aryl methyl sites for hydroxylation is 2. The Morgan fingerprint density at radius 1 is 1.33 bits per heavy atom. The van der Waals surface area contributed by atoms with Crippen LogP contribution >= 0.6 is 0 Å². The maximum Gasteiger partial charge on any atom is 0.149 e. The highest BCUT2D eigenvalue weighted by atomic mass is 16.3. The molecule has 0 bridgehead atoms. The summed E-state index contributed by atoms with van der Waals surface area (Å²) in [5.41, 5.74) is 3.99. The van der Waals surface area contributed by atoms with E-state index in [2.05, 4.69) is 10.3 Å². The van der Waals surface area contributed by atoms with Crippen LogP contribution in [0.15, 0.2) is 12.1 Å². The smallest absolute Gasteiger partial charge is 0.149 e. The van der Waals surface area contributed by atoms with E-state index in [-0.39, 0.29) is 0 Å². The molecule has 0 aliphatic heterocycles. The standard InChI is InChI=1S/C11H15N3O/c1-4-9(15)14-11-8(3)6-5-7(2)10(11)12-13-14/h5-6,9,15H,4H2,1-3H3. The highest BCUT2D eigenvalue weighted by Gasteiger charge is 2.13. The number of nitrogens with zero attached hydrogens (tertiary/aromatic N) is 3. The van der Waals surface area contributed by atoms with Gasteiger partial charge in [-0.2, -0.15) is 0 Å². The van der Waals surface area contributed by atoms with Crippen molar-refractivity contribution in [1.29, 1.82) is 0 Å². The highest BCUT2D eigenvalue weighted by Crippen LogP contribution is 2.22. The van der Waals surface area contributed by atoms with Crippen LogP contribution in [0.3, 0.4) is 0 Å². The fourth-order valence-corrected chi connectivity index (χ4v) is 1.72. The van der Waals surface area contributed by atoms with Crippen molar-refractivity contribution in [2.24, 2.45) is 0 Å². The molecule has 1 N–H and O–H groups in total. The molecule has 1 aromatic heterocycles. The molecule has 0 saturated carbocycles. The topological polar surface area (TPSA) is 50.9 Å². The molecule has 0 saturated heterocycles. The van der Waals surface area contributed by atoms with E-state index in [4.69, 9.17) is 0 Å². The van der Waals surface area contributed by atoms with Crippen LogP contribution in [-0.2, 0) is 0 Å². The minimum absolute atomic E-state index is 0.588. The average Bonchev–Trinajstić information content (AvgIpc) is 2.68. The minimum atomic E-state index is -0.588. The largest absolute Gasteiger partial charge is 0.372 e. The summed E-state index contributed by atoms with van der Waals surface area (Å²) in [4.78, 5) is 0. The van der Waals surface area contributed by atoms with Crippen molar-refractivity contribution >= 4 is 11.0 Å². The quantitative estimate of drug-likeness (QED) is 0.815. The van der Waals surface area contributed by atoms with Crippen LogP contribution < -0.4 is 0 Å². The first-order valence-electron chi connectivity index (χ1n) is 5.14. The summed E-state index contributed by atoms with van der Waals surface area (Å²) >= 11 is 0. The Balaban J connectivity index is 2.73. The minimum Gasteiger partial charge on any atom is -0.372 e. The Morgan fingerprint density at radius 2 is 2.00 bits per heavy atom. The molecule has 1 atom stereocenters. The molecular formula is C11H15N3O. The van der Waals surface area contributed by atoms with E-state index in [1.807, 2.05) is 32.9 Å². The lowest BCUT2D eigenvalue weighted by molar-refractivity contribution is 0.0892. The van der Waals surface area contributed by atoms with Gasteiger partial charge in [-0.25, -0.2) is 4.68 Å². The van der Waals surface area contributed by atoms with Crippen molar-refractivity contribution in [2.75, 3.05) is 0 Å². The summed E-state index contributed by atoms with van der Waals surface area (Å²) in [6, 6.07) is 4.05. The van der Waals surface area contributed by atoms with Gasteiger partial charge in [0.25, 0.3) is 0 Å². The molecule has 2 rings (SSSR count). The van der Waals surface area contributed by atoms with Gasteiger partial charge in [-0.15, -0.1) is 5.10 Å². The van der Waals surface area contributed by atoms with Gasteiger partial charge >= 0.3 is 0 Å². The van der Waals surface area contributed by atoms with E-state index < -0.39 is 6.23 Å². The lowest BCUT2D eigenvalue weighted by Crippen LogP contribution is -2.09. The molecular weight excluding hydrogens is 190 g/mol. The first-order valence-corrected chi connectivity index (χ1v) is 5.14. The highest BCUT2D eigenvalue weighted by molar-refractivity contribution is 5.81. The predicted octanol–water partition coefficient (Wildman–Crippen LogP) is 1.95. The second-order valence-electron chi connectivity index (χ2n) is 3.82. The summed E-state index contributed by atoms with van der Waals surface area (Å²) in [6.45, 7) is 5.92. The molecule has 15 heavy (non-hydrogen) atoms. The van der Waals surface area contributed by atoms with Gasteiger partial charge in [0.15, 0.2) is 0 Å². The second kappa shape index (κ2) is 3.62. The van der Waals surface area contributed by atoms with E-state index in [9.17, 15) is 5.11 Å². The molecule has 0 fully saturated rings. The number of benzene rings is 1. The molecule has 1 heterocycles. The Bertz CT molecular complexity index is 490. The van der Waals surface area contributed by atoms with E-state index in [0.717, 1.165) is 22.2 Å². The van der Waals surface area contributed by atoms with Crippen molar-refractivity contribution in [3.8, 4) is 0 Å². The zero-order valence-electron chi connectivity index (χ0n) is 9.23. The molecule has 0 spiro atoms. The van der Waals surface area contributed by atoms with E-state index in [0.29, 0.717) is 6.42 Å². The van der Waals surface area contributed by atoms with Gasteiger partial charge in [-0.3, -0.25) is 0 Å². The van der Waals surface area contributed by atoms with E-state index in [1.165, 1.54) is 0 Å². The second-order valence-corrected chi connectivity index (χ2v) is 3.82.